The molecule has 0 bridgehead atoms. The van der Waals surface area contributed by atoms with E-state index in [1.807, 2.05) is 66.7 Å². The minimum absolute atomic E-state index is 0.0436. The van der Waals surface area contributed by atoms with Crippen LogP contribution in [-0.2, 0) is 22.6 Å². The number of rotatable bonds is 9. The number of amides is 2. The van der Waals surface area contributed by atoms with Crippen LogP contribution in [0.3, 0.4) is 0 Å². The third kappa shape index (κ3) is 6.43. The molecule has 1 fully saturated rings. The Labute approximate surface area is 199 Å². The summed E-state index contributed by atoms with van der Waals surface area (Å²) in [6, 6.07) is 26.8. The van der Waals surface area contributed by atoms with Crippen LogP contribution in [0, 0.1) is 5.92 Å². The molecule has 7 heteroatoms. The molecule has 0 spiro atoms. The van der Waals surface area contributed by atoms with E-state index in [0.29, 0.717) is 18.0 Å². The molecule has 1 aliphatic rings. The monoisotopic (exact) mass is 459 g/mol. The molecule has 1 saturated heterocycles. The molecule has 1 heterocycles. The highest BCUT2D eigenvalue weighted by Gasteiger charge is 2.31. The predicted molar refractivity (Wildman–Crippen MR) is 128 cm³/mol. The van der Waals surface area contributed by atoms with E-state index in [2.05, 4.69) is 22.3 Å². The summed E-state index contributed by atoms with van der Waals surface area (Å²) in [5.41, 5.74) is 3.63. The van der Waals surface area contributed by atoms with E-state index in [1.165, 1.54) is 5.56 Å². The molecular weight excluding hydrogens is 430 g/mol. The first-order valence-electron chi connectivity index (χ1n) is 11.4. The molecule has 0 aliphatic carbocycles. The molecule has 176 valence electrons. The topological polar surface area (TPSA) is 90.9 Å². The average molecular weight is 460 g/mol. The standard InChI is InChI=1S/C27H29N3O4/c31-26(28-22-14-15-30(19-22)18-20-8-3-1-4-9-20)25(27(32)29-33)17-21-10-7-13-24(16-21)34-23-11-5-2-6-12-23/h1-13,16,22,25,33H,14-15,17-19H2,(H,28,31)(H,29,32)/t22-,25?/m0/s1. The van der Waals surface area contributed by atoms with Gasteiger partial charge in [-0.3, -0.25) is 19.7 Å². The lowest BCUT2D eigenvalue weighted by Gasteiger charge is -2.20. The van der Waals surface area contributed by atoms with Gasteiger partial charge in [0.2, 0.25) is 5.91 Å². The summed E-state index contributed by atoms with van der Waals surface area (Å²) in [5.74, 6) is -0.874. The number of hydroxylamine groups is 1. The van der Waals surface area contributed by atoms with Gasteiger partial charge in [-0.2, -0.15) is 0 Å². The van der Waals surface area contributed by atoms with Crippen molar-refractivity contribution in [1.29, 1.82) is 0 Å². The van der Waals surface area contributed by atoms with Crippen LogP contribution in [0.5, 0.6) is 11.5 Å². The van der Waals surface area contributed by atoms with E-state index in [0.717, 1.165) is 25.1 Å². The molecule has 34 heavy (non-hydrogen) atoms. The molecule has 4 rings (SSSR count). The first-order valence-corrected chi connectivity index (χ1v) is 11.4. The largest absolute Gasteiger partial charge is 0.457 e. The van der Waals surface area contributed by atoms with Crippen LogP contribution in [0.2, 0.25) is 0 Å². The number of hydrogen-bond donors (Lipinski definition) is 3. The molecule has 0 radical (unpaired) electrons. The van der Waals surface area contributed by atoms with Crippen molar-refractivity contribution in [2.45, 2.75) is 25.4 Å². The van der Waals surface area contributed by atoms with Gasteiger partial charge < -0.3 is 10.1 Å². The second kappa shape index (κ2) is 11.4. The number of nitrogens with one attached hydrogen (secondary N) is 2. The third-order valence-electron chi connectivity index (χ3n) is 5.93. The van der Waals surface area contributed by atoms with Gasteiger partial charge >= 0.3 is 0 Å². The molecule has 2 amide bonds. The maximum atomic E-state index is 13.0. The van der Waals surface area contributed by atoms with E-state index in [4.69, 9.17) is 4.74 Å². The summed E-state index contributed by atoms with van der Waals surface area (Å²) < 4.78 is 5.86. The number of para-hydroxylation sites is 1. The van der Waals surface area contributed by atoms with Gasteiger partial charge in [0.15, 0.2) is 0 Å². The van der Waals surface area contributed by atoms with Crippen molar-refractivity contribution in [2.75, 3.05) is 13.1 Å². The van der Waals surface area contributed by atoms with Crippen molar-refractivity contribution in [3.63, 3.8) is 0 Å². The third-order valence-corrected chi connectivity index (χ3v) is 5.93. The van der Waals surface area contributed by atoms with Crippen molar-refractivity contribution < 1.29 is 19.5 Å². The fraction of sp³-hybridized carbons (Fsp3) is 0.259. The zero-order valence-corrected chi connectivity index (χ0v) is 18.9. The summed E-state index contributed by atoms with van der Waals surface area (Å²) in [7, 11) is 0. The Morgan fingerprint density at radius 1 is 0.912 bits per heavy atom. The van der Waals surface area contributed by atoms with Crippen LogP contribution in [0.1, 0.15) is 17.5 Å². The number of ether oxygens (including phenoxy) is 1. The van der Waals surface area contributed by atoms with Gasteiger partial charge in [-0.15, -0.1) is 0 Å². The van der Waals surface area contributed by atoms with Crippen molar-refractivity contribution in [1.82, 2.24) is 15.7 Å². The average Bonchev–Trinajstić information content (AvgIpc) is 3.30. The van der Waals surface area contributed by atoms with E-state index in [-0.39, 0.29) is 12.5 Å². The molecule has 3 N–H and O–H groups in total. The van der Waals surface area contributed by atoms with Crippen molar-refractivity contribution >= 4 is 11.8 Å². The van der Waals surface area contributed by atoms with Crippen LogP contribution in [0.25, 0.3) is 0 Å². The van der Waals surface area contributed by atoms with Crippen LogP contribution in [-0.4, -0.2) is 41.1 Å². The number of benzene rings is 3. The van der Waals surface area contributed by atoms with Gasteiger partial charge in [0.25, 0.3) is 5.91 Å². The Balaban J connectivity index is 1.37. The van der Waals surface area contributed by atoms with E-state index >= 15 is 0 Å². The Morgan fingerprint density at radius 3 is 2.32 bits per heavy atom. The van der Waals surface area contributed by atoms with Gasteiger partial charge in [0.1, 0.15) is 17.4 Å². The molecule has 3 aromatic carbocycles. The van der Waals surface area contributed by atoms with Crippen LogP contribution in [0.4, 0.5) is 0 Å². The zero-order chi connectivity index (χ0) is 23.8. The fourth-order valence-electron chi connectivity index (χ4n) is 4.22. The number of nitrogens with zero attached hydrogens (tertiary/aromatic N) is 1. The number of likely N-dealkylation sites (tertiary alicyclic amines) is 1. The molecule has 0 saturated carbocycles. The first-order chi connectivity index (χ1) is 16.6. The number of carbonyl (C=O) groups is 2. The van der Waals surface area contributed by atoms with Crippen molar-refractivity contribution in [2.24, 2.45) is 5.92 Å². The molecule has 2 atom stereocenters. The van der Waals surface area contributed by atoms with Gasteiger partial charge in [-0.1, -0.05) is 60.7 Å². The number of hydrogen-bond acceptors (Lipinski definition) is 5. The fourth-order valence-corrected chi connectivity index (χ4v) is 4.22. The molecular formula is C27H29N3O4. The lowest BCUT2D eigenvalue weighted by Crippen LogP contribution is -2.46. The van der Waals surface area contributed by atoms with Crippen LogP contribution >= 0.6 is 0 Å². The lowest BCUT2D eigenvalue weighted by atomic mass is 9.97. The minimum Gasteiger partial charge on any atom is -0.457 e. The van der Waals surface area contributed by atoms with Crippen molar-refractivity contribution in [3.8, 4) is 11.5 Å². The Bertz CT molecular complexity index is 1090. The SMILES string of the molecule is O=C(NO)C(Cc1cccc(Oc2ccccc2)c1)C(=O)N[C@H]1CCN(Cc2ccccc2)C1. The summed E-state index contributed by atoms with van der Waals surface area (Å²) in [6.07, 6.45) is 0.955. The smallest absolute Gasteiger partial charge is 0.256 e. The van der Waals surface area contributed by atoms with Gasteiger partial charge in [0, 0.05) is 25.7 Å². The normalized spacial score (nSPS) is 16.6. The zero-order valence-electron chi connectivity index (χ0n) is 18.9. The second-order valence-corrected chi connectivity index (χ2v) is 8.51. The van der Waals surface area contributed by atoms with Crippen LogP contribution < -0.4 is 15.5 Å². The summed E-state index contributed by atoms with van der Waals surface area (Å²) >= 11 is 0. The highest BCUT2D eigenvalue weighted by atomic mass is 16.5. The van der Waals surface area contributed by atoms with Crippen molar-refractivity contribution in [3.05, 3.63) is 96.1 Å². The highest BCUT2D eigenvalue weighted by Crippen LogP contribution is 2.23. The molecule has 1 aliphatic heterocycles. The van der Waals surface area contributed by atoms with E-state index < -0.39 is 17.7 Å². The second-order valence-electron chi connectivity index (χ2n) is 8.51. The maximum Gasteiger partial charge on any atom is 0.256 e. The molecule has 3 aromatic rings. The van der Waals surface area contributed by atoms with Gasteiger partial charge in [-0.25, -0.2) is 5.48 Å². The highest BCUT2D eigenvalue weighted by molar-refractivity contribution is 6.00. The minimum atomic E-state index is -1.06. The number of carbonyl (C=O) groups excluding carboxylic acids is 2. The Morgan fingerprint density at radius 2 is 1.59 bits per heavy atom. The quantitative estimate of drug-likeness (QED) is 0.259. The maximum absolute atomic E-state index is 13.0. The Hall–Kier alpha value is -3.68. The van der Waals surface area contributed by atoms with Gasteiger partial charge in [-0.05, 0) is 48.2 Å². The lowest BCUT2D eigenvalue weighted by molar-refractivity contribution is -0.140. The molecule has 0 aromatic heterocycles. The first kappa shape index (κ1) is 23.5. The van der Waals surface area contributed by atoms with Gasteiger partial charge in [0.05, 0.1) is 0 Å². The summed E-state index contributed by atoms with van der Waals surface area (Å²) in [5, 5.41) is 12.2. The summed E-state index contributed by atoms with van der Waals surface area (Å²) in [4.78, 5) is 27.6. The Kier molecular flexibility index (Phi) is 7.91. The summed E-state index contributed by atoms with van der Waals surface area (Å²) in [6.45, 7) is 2.41. The van der Waals surface area contributed by atoms with E-state index in [1.54, 1.807) is 11.5 Å². The molecule has 1 unspecified atom stereocenters. The predicted octanol–water partition coefficient (Wildman–Crippen LogP) is 3.53. The van der Waals surface area contributed by atoms with E-state index in [9.17, 15) is 14.8 Å². The molecule has 7 nitrogen and oxygen atoms in total. The van der Waals surface area contributed by atoms with Crippen LogP contribution in [0.15, 0.2) is 84.9 Å².